The first-order valence-electron chi connectivity index (χ1n) is 6.53. The molecular formula is C19H30ReRf-2. The van der Waals surface area contributed by atoms with Gasteiger partial charge in [0.25, 0.3) is 0 Å². The van der Waals surface area contributed by atoms with Gasteiger partial charge in [0.15, 0.2) is 0 Å². The zero-order chi connectivity index (χ0) is 12.9. The molecule has 0 unspecified atom stereocenters. The molecule has 2 aromatic carbocycles. The van der Waals surface area contributed by atoms with Crippen LogP contribution in [-0.2, 0) is 26.8 Å². The largest absolute Gasteiger partial charge is 0.358 e. The van der Waals surface area contributed by atoms with Crippen LogP contribution < -0.4 is 0 Å². The average Bonchev–Trinajstić information content (AvgIpc) is 2.45. The summed E-state index contributed by atoms with van der Waals surface area (Å²) in [6.45, 7) is 8.00. The predicted octanol–water partition coefficient (Wildman–Crippen LogP) is 6.23. The molecule has 0 amide bonds. The summed E-state index contributed by atoms with van der Waals surface area (Å²) in [6.07, 6.45) is 1.03. The van der Waals surface area contributed by atoms with Crippen molar-refractivity contribution in [3.05, 3.63) is 86.6 Å². The van der Waals surface area contributed by atoms with E-state index < -0.39 is 0 Å². The van der Waals surface area contributed by atoms with Crippen molar-refractivity contribution in [3.63, 3.8) is 0 Å². The maximum absolute atomic E-state index is 2.16. The van der Waals surface area contributed by atoms with E-state index in [4.69, 9.17) is 0 Å². The van der Waals surface area contributed by atoms with Gasteiger partial charge in [-0.2, -0.15) is 0 Å². The summed E-state index contributed by atoms with van der Waals surface area (Å²) in [5.74, 6) is 0. The smallest absolute Gasteiger partial charge is 0 e. The molecule has 0 nitrogen and oxygen atoms in total. The molecule has 0 aliphatic heterocycles. The Morgan fingerprint density at radius 1 is 0.571 bits per heavy atom. The molecule has 0 N–H and O–H groups in total. The fourth-order valence-electron chi connectivity index (χ4n) is 1.43. The first-order chi connectivity index (χ1) is 8.45. The Morgan fingerprint density at radius 2 is 0.810 bits per heavy atom. The van der Waals surface area contributed by atoms with Crippen LogP contribution in [0, 0.1) is 14.9 Å². The molecule has 0 saturated carbocycles. The molecule has 0 atom stereocenters. The monoisotopic (exact) mass is 712 g/mol. The second kappa shape index (κ2) is 23.2. The van der Waals surface area contributed by atoms with Crippen molar-refractivity contribution in [3.8, 4) is 0 Å². The molecule has 0 aromatic heterocycles. The van der Waals surface area contributed by atoms with Gasteiger partial charge in [-0.15, -0.1) is 0 Å². The molecule has 21 heavy (non-hydrogen) atoms. The minimum Gasteiger partial charge on any atom is -0.358 e. The summed E-state index contributed by atoms with van der Waals surface area (Å²) < 4.78 is 0. The number of rotatable bonds is 2. The van der Waals surface area contributed by atoms with Crippen molar-refractivity contribution < 1.29 is 20.4 Å². The molecule has 0 fully saturated rings. The van der Waals surface area contributed by atoms with Crippen molar-refractivity contribution >= 4 is 0 Å². The average molecular weight is 712 g/mol. The normalized spacial score (nSPS) is 6.67. The summed E-state index contributed by atoms with van der Waals surface area (Å²) in [5.41, 5.74) is 2.74. The SMILES string of the molecule is CC.CC.[CH3-].[CH3-].[Re].[Rf].c1ccc(Cc2ccccc2)cc1. The molecule has 0 heterocycles. The second-order valence-corrected chi connectivity index (χ2v) is 3.15. The molecule has 2 heteroatoms. The van der Waals surface area contributed by atoms with Gasteiger partial charge in [-0.1, -0.05) is 88.4 Å². The molecule has 117 valence electrons. The van der Waals surface area contributed by atoms with Crippen LogP contribution >= 0.6 is 0 Å². The maximum atomic E-state index is 2.16. The number of hydrogen-bond donors (Lipinski definition) is 0. The Hall–Kier alpha value is -1.90. The van der Waals surface area contributed by atoms with Crippen molar-refractivity contribution in [1.29, 1.82) is 0 Å². The van der Waals surface area contributed by atoms with Crippen LogP contribution in [0.5, 0.6) is 0 Å². The minimum atomic E-state index is 0. The van der Waals surface area contributed by atoms with Gasteiger partial charge in [-0.05, 0) is 17.5 Å². The van der Waals surface area contributed by atoms with Crippen LogP contribution in [0.1, 0.15) is 38.8 Å². The molecule has 2 aromatic rings. The minimum absolute atomic E-state index is 0. The Labute approximate surface area is 141 Å². The fourth-order valence-corrected chi connectivity index (χ4v) is 1.43. The molecule has 0 spiro atoms. The van der Waals surface area contributed by atoms with Gasteiger partial charge in [0.05, 0.1) is 0 Å². The molecule has 0 aliphatic rings. The molecule has 2 rings (SSSR count). The van der Waals surface area contributed by atoms with E-state index in [0.29, 0.717) is 0 Å². The van der Waals surface area contributed by atoms with E-state index in [2.05, 4.69) is 60.7 Å². The van der Waals surface area contributed by atoms with Crippen LogP contribution in [0.3, 0.4) is 0 Å². The van der Waals surface area contributed by atoms with Gasteiger partial charge in [-0.3, -0.25) is 0 Å². The molecule has 0 aliphatic carbocycles. The third-order valence-electron chi connectivity index (χ3n) is 2.09. The third-order valence-corrected chi connectivity index (χ3v) is 2.09. The third kappa shape index (κ3) is 14.3. The van der Waals surface area contributed by atoms with Gasteiger partial charge >= 0.3 is 0 Å². The molecule has 0 bridgehead atoms. The van der Waals surface area contributed by atoms with Crippen molar-refractivity contribution in [2.24, 2.45) is 0 Å². The van der Waals surface area contributed by atoms with Gasteiger partial charge in [0.2, 0.25) is 0 Å². The van der Waals surface area contributed by atoms with Crippen LogP contribution in [0.25, 0.3) is 0 Å². The maximum Gasteiger partial charge on any atom is 0 e. The topological polar surface area (TPSA) is 0 Å². The van der Waals surface area contributed by atoms with Crippen LogP contribution in [0.4, 0.5) is 0 Å². The second-order valence-electron chi connectivity index (χ2n) is 3.15. The van der Waals surface area contributed by atoms with Gasteiger partial charge in [0, 0.05) is 20.4 Å². The zero-order valence-electron chi connectivity index (χ0n) is 14.6. The van der Waals surface area contributed by atoms with Crippen LogP contribution in [0.15, 0.2) is 60.7 Å². The molecule has 1 radical (unpaired) electrons. The number of hydrogen-bond acceptors (Lipinski definition) is 0. The van der Waals surface area contributed by atoms with Crippen molar-refractivity contribution in [1.82, 2.24) is 0 Å². The van der Waals surface area contributed by atoms with Crippen molar-refractivity contribution in [2.45, 2.75) is 34.1 Å². The Balaban J connectivity index is -0.0000000989. The van der Waals surface area contributed by atoms with Gasteiger partial charge in [-0.25, -0.2) is 0 Å². The van der Waals surface area contributed by atoms with Gasteiger partial charge < -0.3 is 14.9 Å². The van der Waals surface area contributed by atoms with Crippen LogP contribution in [-0.4, -0.2) is 0 Å². The van der Waals surface area contributed by atoms with Gasteiger partial charge in [0.1, 0.15) is 0 Å². The standard InChI is InChI=1S/C13H12.2C2H6.2CH3.Re.Rf/c1-3-7-12(8-4-1)11-13-9-5-2-6-10-13;2*1-2;;;;/h1-10H,11H2;2*1-2H3;2*1H3;;/q;;;2*-1;;. The summed E-state index contributed by atoms with van der Waals surface area (Å²) >= 11 is 0. The summed E-state index contributed by atoms with van der Waals surface area (Å²) in [6, 6.07) is 21.1. The number of benzene rings is 2. The zero-order valence-corrected chi connectivity index (χ0v) is 23.7. The van der Waals surface area contributed by atoms with E-state index >= 15 is 0 Å². The van der Waals surface area contributed by atoms with E-state index in [-0.39, 0.29) is 35.3 Å². The Bertz CT molecular complexity index is 322. The Morgan fingerprint density at radius 3 is 1.05 bits per heavy atom. The molecular weight excluding hydrogens is 681 g/mol. The first-order valence-corrected chi connectivity index (χ1v) is 6.53. The van der Waals surface area contributed by atoms with E-state index in [1.54, 1.807) is 0 Å². The fraction of sp³-hybridized carbons (Fsp3) is 0.263. The van der Waals surface area contributed by atoms with E-state index in [1.807, 2.05) is 27.7 Å². The van der Waals surface area contributed by atoms with Crippen molar-refractivity contribution in [2.75, 3.05) is 0 Å². The first kappa shape index (κ1) is 31.5. The quantitative estimate of drug-likeness (QED) is 0.325. The summed E-state index contributed by atoms with van der Waals surface area (Å²) in [5, 5.41) is 0. The van der Waals surface area contributed by atoms with Crippen LogP contribution in [0.2, 0.25) is 0 Å². The van der Waals surface area contributed by atoms with E-state index in [1.165, 1.54) is 11.1 Å². The summed E-state index contributed by atoms with van der Waals surface area (Å²) in [4.78, 5) is 0. The Kier molecular flexibility index (Phi) is 34.8. The van der Waals surface area contributed by atoms with E-state index in [9.17, 15) is 0 Å². The predicted molar refractivity (Wildman–Crippen MR) is 91.2 cm³/mol. The summed E-state index contributed by atoms with van der Waals surface area (Å²) in [7, 11) is 0. The molecule has 0 saturated heterocycles. The van der Waals surface area contributed by atoms with E-state index in [0.717, 1.165) is 6.42 Å².